The van der Waals surface area contributed by atoms with Gasteiger partial charge in [-0.3, -0.25) is 0 Å². The Morgan fingerprint density at radius 2 is 1.66 bits per heavy atom. The quantitative estimate of drug-likeness (QED) is 0.557. The normalized spacial score (nSPS) is 26.9. The van der Waals surface area contributed by atoms with Crippen molar-refractivity contribution in [3.8, 4) is 0 Å². The first-order chi connectivity index (χ1) is 15.5. The van der Waals surface area contributed by atoms with E-state index in [2.05, 4.69) is 47.2 Å². The molecule has 0 aromatic heterocycles. The first-order valence-electron chi connectivity index (χ1n) is 11.8. The molecule has 1 saturated carbocycles. The SMILES string of the molecule is CN1CCN(CC2CCCCC(=Cc3ccccc3)C2(O)Cc2c(Cl)cccc2Cl)CC1. The molecule has 2 atom stereocenters. The van der Waals surface area contributed by atoms with Gasteiger partial charge in [0.2, 0.25) is 0 Å². The van der Waals surface area contributed by atoms with Crippen LogP contribution in [0.3, 0.4) is 0 Å². The Bertz CT molecular complexity index is 904. The third-order valence-corrected chi connectivity index (χ3v) is 7.91. The zero-order chi connectivity index (χ0) is 22.6. The zero-order valence-corrected chi connectivity index (χ0v) is 20.5. The summed E-state index contributed by atoms with van der Waals surface area (Å²) in [7, 11) is 2.18. The van der Waals surface area contributed by atoms with Crippen LogP contribution < -0.4 is 0 Å². The summed E-state index contributed by atoms with van der Waals surface area (Å²) in [5.41, 5.74) is 2.11. The van der Waals surface area contributed by atoms with Gasteiger partial charge in [0.25, 0.3) is 0 Å². The number of hydrogen-bond donors (Lipinski definition) is 1. The Kier molecular flexibility index (Phi) is 7.96. The molecule has 1 aliphatic carbocycles. The second-order valence-electron chi connectivity index (χ2n) is 9.43. The molecule has 2 fully saturated rings. The Hall–Kier alpha value is -1.36. The minimum Gasteiger partial charge on any atom is -0.385 e. The van der Waals surface area contributed by atoms with Crippen LogP contribution in [0, 0.1) is 5.92 Å². The molecule has 5 heteroatoms. The van der Waals surface area contributed by atoms with Crippen molar-refractivity contribution < 1.29 is 5.11 Å². The van der Waals surface area contributed by atoms with E-state index >= 15 is 0 Å². The highest BCUT2D eigenvalue weighted by atomic mass is 35.5. The molecule has 1 heterocycles. The zero-order valence-electron chi connectivity index (χ0n) is 18.9. The number of nitrogens with zero attached hydrogens (tertiary/aromatic N) is 2. The summed E-state index contributed by atoms with van der Waals surface area (Å²) in [4.78, 5) is 4.90. The van der Waals surface area contributed by atoms with Gasteiger partial charge in [-0.1, -0.05) is 72.1 Å². The summed E-state index contributed by atoms with van der Waals surface area (Å²) in [5.74, 6) is 0.135. The molecular weight excluding hydrogens is 439 g/mol. The van der Waals surface area contributed by atoms with Crippen molar-refractivity contribution in [3.63, 3.8) is 0 Å². The molecule has 4 rings (SSSR count). The topological polar surface area (TPSA) is 26.7 Å². The van der Waals surface area contributed by atoms with Gasteiger partial charge in [-0.2, -0.15) is 0 Å². The summed E-state index contributed by atoms with van der Waals surface area (Å²) in [6.45, 7) is 5.16. The van der Waals surface area contributed by atoms with Gasteiger partial charge < -0.3 is 14.9 Å². The van der Waals surface area contributed by atoms with Gasteiger partial charge in [-0.15, -0.1) is 0 Å². The van der Waals surface area contributed by atoms with E-state index in [4.69, 9.17) is 23.2 Å². The third-order valence-electron chi connectivity index (χ3n) is 7.20. The van der Waals surface area contributed by atoms with Crippen molar-refractivity contribution in [1.29, 1.82) is 0 Å². The first-order valence-corrected chi connectivity index (χ1v) is 12.5. The van der Waals surface area contributed by atoms with E-state index in [-0.39, 0.29) is 5.92 Å². The van der Waals surface area contributed by atoms with Crippen LogP contribution in [-0.2, 0) is 6.42 Å². The van der Waals surface area contributed by atoms with Crippen LogP contribution in [0.2, 0.25) is 10.0 Å². The molecule has 1 N–H and O–H groups in total. The first kappa shape index (κ1) is 23.8. The second-order valence-corrected chi connectivity index (χ2v) is 10.2. The van der Waals surface area contributed by atoms with Crippen molar-refractivity contribution >= 4 is 29.3 Å². The van der Waals surface area contributed by atoms with Crippen LogP contribution in [0.15, 0.2) is 54.1 Å². The molecule has 0 amide bonds. The lowest BCUT2D eigenvalue weighted by Crippen LogP contribution is -2.51. The predicted octanol–water partition coefficient (Wildman–Crippen LogP) is 5.79. The fourth-order valence-corrected chi connectivity index (χ4v) is 5.72. The number of likely N-dealkylation sites (N-methyl/N-ethyl adjacent to an activating group) is 1. The van der Waals surface area contributed by atoms with E-state index in [1.165, 1.54) is 0 Å². The Morgan fingerprint density at radius 1 is 0.969 bits per heavy atom. The molecule has 2 aromatic rings. The van der Waals surface area contributed by atoms with Crippen molar-refractivity contribution in [2.45, 2.75) is 37.7 Å². The highest BCUT2D eigenvalue weighted by Crippen LogP contribution is 2.42. The van der Waals surface area contributed by atoms with Gasteiger partial charge in [0.05, 0.1) is 5.60 Å². The minimum atomic E-state index is -0.982. The number of hydrogen-bond acceptors (Lipinski definition) is 3. The van der Waals surface area contributed by atoms with Crippen molar-refractivity contribution in [3.05, 3.63) is 75.3 Å². The standard InChI is InChI=1S/C27H34Cl2N2O/c1-30-14-16-31(17-15-30)20-23-11-6-5-10-22(18-21-8-3-2-4-9-21)27(23,32)19-24-25(28)12-7-13-26(24)29/h2-4,7-9,12-13,18,23,32H,5-6,10-11,14-17,19-20H2,1H3. The van der Waals surface area contributed by atoms with Crippen molar-refractivity contribution in [1.82, 2.24) is 9.80 Å². The maximum absolute atomic E-state index is 12.5. The van der Waals surface area contributed by atoms with Gasteiger partial charge in [0, 0.05) is 55.1 Å². The maximum atomic E-state index is 12.5. The molecule has 2 unspecified atom stereocenters. The van der Waals surface area contributed by atoms with Gasteiger partial charge in [-0.25, -0.2) is 0 Å². The summed E-state index contributed by atoms with van der Waals surface area (Å²) >= 11 is 13.2. The average Bonchev–Trinajstić information content (AvgIpc) is 2.93. The highest BCUT2D eigenvalue weighted by molar-refractivity contribution is 6.36. The highest BCUT2D eigenvalue weighted by Gasteiger charge is 2.43. The fourth-order valence-electron chi connectivity index (χ4n) is 5.18. The van der Waals surface area contributed by atoms with Crippen LogP contribution >= 0.6 is 23.2 Å². The smallest absolute Gasteiger partial charge is 0.0941 e. The molecule has 172 valence electrons. The van der Waals surface area contributed by atoms with Gasteiger partial charge in [0.1, 0.15) is 0 Å². The van der Waals surface area contributed by atoms with E-state index in [0.717, 1.165) is 75.1 Å². The van der Waals surface area contributed by atoms with Crippen LogP contribution in [0.5, 0.6) is 0 Å². The van der Waals surface area contributed by atoms with Gasteiger partial charge >= 0.3 is 0 Å². The molecule has 3 nitrogen and oxygen atoms in total. The number of aliphatic hydroxyl groups is 1. The number of piperazine rings is 1. The van der Waals surface area contributed by atoms with Gasteiger partial charge in [-0.05, 0) is 55.1 Å². The van der Waals surface area contributed by atoms with Crippen LogP contribution in [0.4, 0.5) is 0 Å². The molecule has 0 spiro atoms. The Labute approximate surface area is 202 Å². The maximum Gasteiger partial charge on any atom is 0.0941 e. The molecule has 0 bridgehead atoms. The molecule has 1 saturated heterocycles. The van der Waals surface area contributed by atoms with Gasteiger partial charge in [0.15, 0.2) is 0 Å². The lowest BCUT2D eigenvalue weighted by molar-refractivity contribution is -0.00640. The summed E-state index contributed by atoms with van der Waals surface area (Å²) in [6.07, 6.45) is 6.78. The Morgan fingerprint density at radius 3 is 2.34 bits per heavy atom. The van der Waals surface area contributed by atoms with E-state index in [9.17, 15) is 5.11 Å². The Balaban J connectivity index is 1.72. The van der Waals surface area contributed by atoms with E-state index in [1.54, 1.807) is 0 Å². The molecule has 32 heavy (non-hydrogen) atoms. The van der Waals surface area contributed by atoms with Crippen molar-refractivity contribution in [2.24, 2.45) is 5.92 Å². The minimum absolute atomic E-state index is 0.135. The number of rotatable bonds is 5. The number of benzene rings is 2. The number of halogens is 2. The van der Waals surface area contributed by atoms with Crippen molar-refractivity contribution in [2.75, 3.05) is 39.8 Å². The summed E-state index contributed by atoms with van der Waals surface area (Å²) in [6, 6.07) is 16.0. The fraction of sp³-hybridized carbons (Fsp3) is 0.481. The lowest BCUT2D eigenvalue weighted by atomic mass is 9.74. The molecule has 1 aliphatic heterocycles. The summed E-state index contributed by atoms with van der Waals surface area (Å²) in [5, 5.41) is 13.8. The monoisotopic (exact) mass is 472 g/mol. The third kappa shape index (κ3) is 5.58. The van der Waals surface area contributed by atoms with Crippen LogP contribution in [0.25, 0.3) is 6.08 Å². The molecule has 0 radical (unpaired) electrons. The van der Waals surface area contributed by atoms with E-state index in [1.807, 2.05) is 24.3 Å². The largest absolute Gasteiger partial charge is 0.385 e. The predicted molar refractivity (Wildman–Crippen MR) is 135 cm³/mol. The van der Waals surface area contributed by atoms with E-state index in [0.29, 0.717) is 16.5 Å². The summed E-state index contributed by atoms with van der Waals surface area (Å²) < 4.78 is 0. The molecule has 2 aliphatic rings. The van der Waals surface area contributed by atoms with Crippen LogP contribution in [-0.4, -0.2) is 60.3 Å². The van der Waals surface area contributed by atoms with E-state index < -0.39 is 5.60 Å². The van der Waals surface area contributed by atoms with Crippen LogP contribution in [0.1, 0.15) is 36.8 Å². The average molecular weight is 473 g/mol. The molecular formula is C27H34Cl2N2O. The second kappa shape index (κ2) is 10.7. The lowest BCUT2D eigenvalue weighted by Gasteiger charge is -2.42. The molecule has 2 aromatic carbocycles.